The summed E-state index contributed by atoms with van der Waals surface area (Å²) in [5, 5.41) is 11.8. The number of hydrogen-bond donors (Lipinski definition) is 1. The number of phenolic OH excluding ortho intramolecular Hbond substituents is 1. The van der Waals surface area contributed by atoms with E-state index >= 15 is 0 Å². The van der Waals surface area contributed by atoms with Crippen molar-refractivity contribution in [3.8, 4) is 5.75 Å². The molecule has 0 aliphatic heterocycles. The van der Waals surface area contributed by atoms with Gasteiger partial charge in [0.15, 0.2) is 0 Å². The number of phenols is 1. The molecule has 0 spiro atoms. The summed E-state index contributed by atoms with van der Waals surface area (Å²) < 4.78 is 0. The number of hydrogen-bond acceptors (Lipinski definition) is 2. The molecule has 1 nitrogen and oxygen atoms in total. The molecule has 0 aliphatic rings. The van der Waals surface area contributed by atoms with Gasteiger partial charge in [-0.15, -0.1) is 18.3 Å². The molecular formula is C15H16OS. The van der Waals surface area contributed by atoms with Gasteiger partial charge in [-0.2, -0.15) is 0 Å². The monoisotopic (exact) mass is 244 g/mol. The van der Waals surface area contributed by atoms with Crippen LogP contribution in [-0.4, -0.2) is 10.9 Å². The van der Waals surface area contributed by atoms with Crippen LogP contribution in [0.25, 0.3) is 10.8 Å². The van der Waals surface area contributed by atoms with E-state index in [9.17, 15) is 5.11 Å². The first-order chi connectivity index (χ1) is 8.18. The van der Waals surface area contributed by atoms with Gasteiger partial charge < -0.3 is 5.11 Å². The van der Waals surface area contributed by atoms with Gasteiger partial charge in [0.25, 0.3) is 0 Å². The average molecular weight is 244 g/mol. The molecule has 2 rings (SSSR count). The van der Waals surface area contributed by atoms with Crippen molar-refractivity contribution in [3.63, 3.8) is 0 Å². The zero-order chi connectivity index (χ0) is 12.3. The second-order valence-electron chi connectivity index (χ2n) is 4.18. The zero-order valence-electron chi connectivity index (χ0n) is 9.94. The maximum absolute atomic E-state index is 9.79. The molecule has 0 fully saturated rings. The number of benzene rings is 2. The third-order valence-electron chi connectivity index (χ3n) is 2.65. The number of thioether (sulfide) groups is 1. The van der Waals surface area contributed by atoms with E-state index in [2.05, 4.69) is 19.6 Å². The van der Waals surface area contributed by atoms with E-state index in [1.807, 2.05) is 36.0 Å². The quantitative estimate of drug-likeness (QED) is 0.626. The van der Waals surface area contributed by atoms with Crippen LogP contribution in [0.15, 0.2) is 53.4 Å². The van der Waals surface area contributed by atoms with Crippen molar-refractivity contribution in [2.75, 3.05) is 5.75 Å². The van der Waals surface area contributed by atoms with Gasteiger partial charge in [0.1, 0.15) is 5.75 Å². The van der Waals surface area contributed by atoms with Gasteiger partial charge in [0.2, 0.25) is 0 Å². The lowest BCUT2D eigenvalue weighted by molar-refractivity contribution is 0.481. The molecule has 0 saturated carbocycles. The average Bonchev–Trinajstić information content (AvgIpc) is 2.32. The summed E-state index contributed by atoms with van der Waals surface area (Å²) in [5.41, 5.74) is 1.21. The summed E-state index contributed by atoms with van der Waals surface area (Å²) >= 11 is 1.81. The first-order valence-corrected chi connectivity index (χ1v) is 6.65. The van der Waals surface area contributed by atoms with Crippen LogP contribution in [-0.2, 0) is 0 Å². The molecular weight excluding hydrogens is 228 g/mol. The van der Waals surface area contributed by atoms with Crippen LogP contribution in [0.3, 0.4) is 0 Å². The lowest BCUT2D eigenvalue weighted by Crippen LogP contribution is -1.83. The minimum atomic E-state index is 0.352. The van der Waals surface area contributed by atoms with Gasteiger partial charge in [-0.3, -0.25) is 0 Å². The fourth-order valence-electron chi connectivity index (χ4n) is 1.72. The van der Waals surface area contributed by atoms with Gasteiger partial charge in [-0.25, -0.2) is 0 Å². The lowest BCUT2D eigenvalue weighted by atomic mass is 10.1. The lowest BCUT2D eigenvalue weighted by Gasteiger charge is -2.07. The van der Waals surface area contributed by atoms with Gasteiger partial charge in [-0.1, -0.05) is 29.8 Å². The summed E-state index contributed by atoms with van der Waals surface area (Å²) in [6.45, 7) is 5.96. The molecule has 0 amide bonds. The molecule has 88 valence electrons. The molecule has 0 unspecified atom stereocenters. The zero-order valence-corrected chi connectivity index (χ0v) is 10.8. The molecule has 0 saturated heterocycles. The summed E-state index contributed by atoms with van der Waals surface area (Å²) in [7, 11) is 0. The molecule has 0 atom stereocenters. The van der Waals surface area contributed by atoms with Gasteiger partial charge in [-0.05, 0) is 30.9 Å². The van der Waals surface area contributed by atoms with Crippen LogP contribution in [0.5, 0.6) is 5.75 Å². The number of allylic oxidation sites excluding steroid dienone is 1. The van der Waals surface area contributed by atoms with Crippen molar-refractivity contribution in [2.24, 2.45) is 0 Å². The number of aromatic hydroxyl groups is 1. The predicted molar refractivity (Wildman–Crippen MR) is 75.8 cm³/mol. The summed E-state index contributed by atoms with van der Waals surface area (Å²) in [4.78, 5) is 1.22. The topological polar surface area (TPSA) is 20.2 Å². The Balaban J connectivity index is 2.28. The highest BCUT2D eigenvalue weighted by Crippen LogP contribution is 2.33. The van der Waals surface area contributed by atoms with Gasteiger partial charge in [0.05, 0.1) is 0 Å². The number of rotatable bonds is 4. The standard InChI is InChI=1S/C15H16OS/c1-11(2)9-10-17-15-8-7-14(16)12-5-3-4-6-13(12)15/h3-8,16H,1,9-10H2,2H3. The van der Waals surface area contributed by atoms with Crippen molar-refractivity contribution in [1.29, 1.82) is 0 Å². The van der Waals surface area contributed by atoms with Gasteiger partial charge in [0, 0.05) is 16.0 Å². The molecule has 0 heterocycles. The molecule has 17 heavy (non-hydrogen) atoms. The number of fused-ring (bicyclic) bond motifs is 1. The highest BCUT2D eigenvalue weighted by Gasteiger charge is 2.04. The Morgan fingerprint density at radius 2 is 1.88 bits per heavy atom. The molecule has 0 radical (unpaired) electrons. The van der Waals surface area contributed by atoms with E-state index in [-0.39, 0.29) is 0 Å². The first kappa shape index (κ1) is 12.1. The fourth-order valence-corrected chi connectivity index (χ4v) is 2.88. The van der Waals surface area contributed by atoms with E-state index in [0.717, 1.165) is 22.9 Å². The summed E-state index contributed by atoms with van der Waals surface area (Å²) in [6.07, 6.45) is 1.03. The molecule has 0 bridgehead atoms. The Kier molecular flexibility index (Phi) is 3.75. The van der Waals surface area contributed by atoms with Crippen LogP contribution >= 0.6 is 11.8 Å². The fraction of sp³-hybridized carbons (Fsp3) is 0.200. The van der Waals surface area contributed by atoms with E-state index in [0.29, 0.717) is 5.75 Å². The first-order valence-electron chi connectivity index (χ1n) is 5.66. The van der Waals surface area contributed by atoms with Crippen molar-refractivity contribution in [3.05, 3.63) is 48.6 Å². The van der Waals surface area contributed by atoms with Crippen LogP contribution in [0, 0.1) is 0 Å². The van der Waals surface area contributed by atoms with E-state index < -0.39 is 0 Å². The maximum atomic E-state index is 9.79. The smallest absolute Gasteiger partial charge is 0.123 e. The Labute approximate surface area is 106 Å². The third-order valence-corrected chi connectivity index (χ3v) is 3.72. The van der Waals surface area contributed by atoms with Crippen LogP contribution < -0.4 is 0 Å². The molecule has 2 aromatic carbocycles. The van der Waals surface area contributed by atoms with Crippen molar-refractivity contribution < 1.29 is 5.11 Å². The van der Waals surface area contributed by atoms with E-state index in [1.54, 1.807) is 6.07 Å². The van der Waals surface area contributed by atoms with Crippen molar-refractivity contribution >= 4 is 22.5 Å². The Morgan fingerprint density at radius 3 is 2.59 bits per heavy atom. The summed E-state index contributed by atoms with van der Waals surface area (Å²) in [6, 6.07) is 11.7. The molecule has 2 aromatic rings. The SMILES string of the molecule is C=C(C)CCSc1ccc(O)c2ccccc12. The predicted octanol–water partition coefficient (Wildman–Crippen LogP) is 4.60. The summed E-state index contributed by atoms with van der Waals surface area (Å²) in [5.74, 6) is 1.38. The van der Waals surface area contributed by atoms with Crippen LogP contribution in [0.1, 0.15) is 13.3 Å². The third kappa shape index (κ3) is 2.83. The van der Waals surface area contributed by atoms with Crippen molar-refractivity contribution in [1.82, 2.24) is 0 Å². The Morgan fingerprint density at radius 1 is 1.18 bits per heavy atom. The van der Waals surface area contributed by atoms with Crippen LogP contribution in [0.2, 0.25) is 0 Å². The molecule has 2 heteroatoms. The molecule has 1 N–H and O–H groups in total. The highest BCUT2D eigenvalue weighted by molar-refractivity contribution is 7.99. The maximum Gasteiger partial charge on any atom is 0.123 e. The highest BCUT2D eigenvalue weighted by atomic mass is 32.2. The largest absolute Gasteiger partial charge is 0.507 e. The molecule has 0 aromatic heterocycles. The van der Waals surface area contributed by atoms with Crippen LogP contribution in [0.4, 0.5) is 0 Å². The minimum Gasteiger partial charge on any atom is -0.507 e. The second-order valence-corrected chi connectivity index (χ2v) is 5.32. The van der Waals surface area contributed by atoms with Gasteiger partial charge >= 0.3 is 0 Å². The Hall–Kier alpha value is -1.41. The van der Waals surface area contributed by atoms with Crippen molar-refractivity contribution in [2.45, 2.75) is 18.2 Å². The normalized spacial score (nSPS) is 10.6. The van der Waals surface area contributed by atoms with E-state index in [4.69, 9.17) is 0 Å². The van der Waals surface area contributed by atoms with E-state index in [1.165, 1.54) is 10.5 Å². The molecule has 0 aliphatic carbocycles. The minimum absolute atomic E-state index is 0.352. The second kappa shape index (κ2) is 5.28. The Bertz CT molecular complexity index is 546.